The van der Waals surface area contributed by atoms with E-state index in [0.717, 1.165) is 0 Å². The van der Waals surface area contributed by atoms with E-state index in [2.05, 4.69) is 10.1 Å². The number of alkyl halides is 2. The molecule has 0 aliphatic heterocycles. The van der Waals surface area contributed by atoms with Crippen molar-refractivity contribution >= 4 is 5.97 Å². The van der Waals surface area contributed by atoms with Gasteiger partial charge in [-0.05, 0) is 18.2 Å². The van der Waals surface area contributed by atoms with Crippen LogP contribution in [0.2, 0.25) is 0 Å². The summed E-state index contributed by atoms with van der Waals surface area (Å²) in [6, 6.07) is 4.46. The number of halogens is 2. The van der Waals surface area contributed by atoms with Crippen LogP contribution in [0.15, 0.2) is 18.2 Å². The normalized spacial score (nSPS) is 10.5. The van der Waals surface area contributed by atoms with E-state index in [-0.39, 0.29) is 25.3 Å². The van der Waals surface area contributed by atoms with Crippen molar-refractivity contribution in [3.63, 3.8) is 0 Å². The van der Waals surface area contributed by atoms with E-state index in [4.69, 9.17) is 9.84 Å². The molecule has 1 rings (SSSR count). The molecule has 0 radical (unpaired) electrons. The Morgan fingerprint density at radius 2 is 2.21 bits per heavy atom. The van der Waals surface area contributed by atoms with Crippen LogP contribution in [0.3, 0.4) is 0 Å². The maximum atomic E-state index is 12.2. The van der Waals surface area contributed by atoms with Gasteiger partial charge in [-0.3, -0.25) is 4.79 Å². The number of ether oxygens (including phenoxy) is 2. The molecule has 1 aromatic carbocycles. The van der Waals surface area contributed by atoms with E-state index >= 15 is 0 Å². The van der Waals surface area contributed by atoms with Crippen molar-refractivity contribution in [2.24, 2.45) is 0 Å². The molecule has 0 aliphatic carbocycles. The van der Waals surface area contributed by atoms with Crippen LogP contribution in [0.25, 0.3) is 0 Å². The molecule has 0 amide bonds. The van der Waals surface area contributed by atoms with Crippen LogP contribution < -0.4 is 14.8 Å². The summed E-state index contributed by atoms with van der Waals surface area (Å²) >= 11 is 0. The van der Waals surface area contributed by atoms with Crippen molar-refractivity contribution in [1.29, 1.82) is 0 Å². The number of methoxy groups -OCH3 is 1. The molecule has 0 heterocycles. The monoisotopic (exact) mass is 275 g/mol. The van der Waals surface area contributed by atoms with Crippen molar-refractivity contribution < 1.29 is 28.2 Å². The Morgan fingerprint density at radius 3 is 2.79 bits per heavy atom. The number of carbonyl (C=O) groups is 1. The van der Waals surface area contributed by atoms with Gasteiger partial charge in [0, 0.05) is 18.7 Å². The third-order valence-electron chi connectivity index (χ3n) is 2.31. The molecule has 2 N–H and O–H groups in total. The third kappa shape index (κ3) is 5.52. The largest absolute Gasteiger partial charge is 0.497 e. The number of carboxylic acids is 1. The van der Waals surface area contributed by atoms with Crippen molar-refractivity contribution in [3.8, 4) is 11.5 Å². The van der Waals surface area contributed by atoms with Crippen LogP contribution in [0.4, 0.5) is 8.78 Å². The Bertz CT molecular complexity index is 426. The first-order valence-corrected chi connectivity index (χ1v) is 5.57. The predicted molar refractivity (Wildman–Crippen MR) is 63.6 cm³/mol. The van der Waals surface area contributed by atoms with Gasteiger partial charge in [-0.15, -0.1) is 0 Å². The fourth-order valence-corrected chi connectivity index (χ4v) is 1.45. The summed E-state index contributed by atoms with van der Waals surface area (Å²) in [5.41, 5.74) is 0.477. The molecule has 19 heavy (non-hydrogen) atoms. The van der Waals surface area contributed by atoms with Gasteiger partial charge >= 0.3 is 12.6 Å². The van der Waals surface area contributed by atoms with Gasteiger partial charge in [-0.2, -0.15) is 8.78 Å². The zero-order valence-corrected chi connectivity index (χ0v) is 10.4. The molecule has 0 bridgehead atoms. The van der Waals surface area contributed by atoms with Crippen molar-refractivity contribution in [1.82, 2.24) is 5.32 Å². The van der Waals surface area contributed by atoms with Crippen LogP contribution in [-0.4, -0.2) is 31.3 Å². The summed E-state index contributed by atoms with van der Waals surface area (Å²) in [7, 11) is 1.46. The maximum Gasteiger partial charge on any atom is 0.387 e. The van der Waals surface area contributed by atoms with E-state index in [9.17, 15) is 13.6 Å². The average molecular weight is 275 g/mol. The fourth-order valence-electron chi connectivity index (χ4n) is 1.45. The quantitative estimate of drug-likeness (QED) is 0.709. The molecule has 0 atom stereocenters. The van der Waals surface area contributed by atoms with Gasteiger partial charge < -0.3 is 19.9 Å². The van der Waals surface area contributed by atoms with Crippen LogP contribution in [-0.2, 0) is 11.3 Å². The Balaban J connectivity index is 2.68. The van der Waals surface area contributed by atoms with Gasteiger partial charge in [-0.25, -0.2) is 0 Å². The number of rotatable bonds is 8. The Kier molecular flexibility index (Phi) is 6.01. The second-order valence-corrected chi connectivity index (χ2v) is 3.67. The van der Waals surface area contributed by atoms with E-state index in [1.165, 1.54) is 19.2 Å². The molecule has 0 spiro atoms. The zero-order valence-electron chi connectivity index (χ0n) is 10.4. The summed E-state index contributed by atoms with van der Waals surface area (Å²) in [6.45, 7) is -2.46. The van der Waals surface area contributed by atoms with Crippen molar-refractivity contribution in [2.45, 2.75) is 19.6 Å². The van der Waals surface area contributed by atoms with Gasteiger partial charge in [0.05, 0.1) is 13.5 Å². The topological polar surface area (TPSA) is 67.8 Å². The number of aliphatic carboxylic acids is 1. The first-order chi connectivity index (χ1) is 9.02. The molecule has 0 aliphatic rings. The Hall–Kier alpha value is -1.89. The van der Waals surface area contributed by atoms with Gasteiger partial charge in [0.15, 0.2) is 0 Å². The lowest BCUT2D eigenvalue weighted by Gasteiger charge is -2.12. The zero-order chi connectivity index (χ0) is 14.3. The third-order valence-corrected chi connectivity index (χ3v) is 2.31. The van der Waals surface area contributed by atoms with E-state index in [1.807, 2.05) is 0 Å². The lowest BCUT2D eigenvalue weighted by atomic mass is 10.2. The summed E-state index contributed by atoms with van der Waals surface area (Å²) < 4.78 is 33.8. The Morgan fingerprint density at radius 1 is 1.47 bits per heavy atom. The van der Waals surface area contributed by atoms with Crippen LogP contribution >= 0.6 is 0 Å². The Labute approximate surface area is 109 Å². The molecule has 0 saturated carbocycles. The lowest BCUT2D eigenvalue weighted by Crippen LogP contribution is -2.18. The smallest absolute Gasteiger partial charge is 0.387 e. The maximum absolute atomic E-state index is 12.2. The minimum absolute atomic E-state index is 0.0404. The molecule has 0 saturated heterocycles. The van der Waals surface area contributed by atoms with Crippen LogP contribution in [0.1, 0.15) is 12.0 Å². The highest BCUT2D eigenvalue weighted by Gasteiger charge is 2.10. The molecule has 0 aromatic heterocycles. The SMILES string of the molecule is COc1ccc(OC(F)F)c(CNCCC(=O)O)c1. The van der Waals surface area contributed by atoms with Crippen molar-refractivity contribution in [2.75, 3.05) is 13.7 Å². The minimum Gasteiger partial charge on any atom is -0.497 e. The van der Waals surface area contributed by atoms with E-state index in [0.29, 0.717) is 11.3 Å². The predicted octanol–water partition coefficient (Wildman–Crippen LogP) is 1.86. The number of hydrogen-bond acceptors (Lipinski definition) is 4. The highest BCUT2D eigenvalue weighted by molar-refractivity contribution is 5.66. The number of hydrogen-bond donors (Lipinski definition) is 2. The van der Waals surface area contributed by atoms with Crippen LogP contribution in [0.5, 0.6) is 11.5 Å². The second-order valence-electron chi connectivity index (χ2n) is 3.67. The van der Waals surface area contributed by atoms with Crippen LogP contribution in [0, 0.1) is 0 Å². The lowest BCUT2D eigenvalue weighted by molar-refractivity contribution is -0.136. The summed E-state index contributed by atoms with van der Waals surface area (Å²) in [4.78, 5) is 10.3. The van der Waals surface area contributed by atoms with E-state index in [1.54, 1.807) is 6.07 Å². The van der Waals surface area contributed by atoms with Gasteiger partial charge in [-0.1, -0.05) is 0 Å². The molecular formula is C12H15F2NO4. The molecule has 0 unspecified atom stereocenters. The molecule has 5 nitrogen and oxygen atoms in total. The van der Waals surface area contributed by atoms with Gasteiger partial charge in [0.1, 0.15) is 11.5 Å². The van der Waals surface area contributed by atoms with E-state index < -0.39 is 12.6 Å². The van der Waals surface area contributed by atoms with Gasteiger partial charge in [0.2, 0.25) is 0 Å². The second kappa shape index (κ2) is 7.52. The molecule has 106 valence electrons. The molecule has 1 aromatic rings. The van der Waals surface area contributed by atoms with Gasteiger partial charge in [0.25, 0.3) is 0 Å². The number of benzene rings is 1. The highest BCUT2D eigenvalue weighted by Crippen LogP contribution is 2.25. The fraction of sp³-hybridized carbons (Fsp3) is 0.417. The molecule has 0 fully saturated rings. The highest BCUT2D eigenvalue weighted by atomic mass is 19.3. The average Bonchev–Trinajstić information content (AvgIpc) is 2.35. The first kappa shape index (κ1) is 15.2. The standard InChI is InChI=1S/C12H15F2NO4/c1-18-9-2-3-10(19-12(13)14)8(6-9)7-15-5-4-11(16)17/h2-3,6,12,15H,4-5,7H2,1H3,(H,16,17). The first-order valence-electron chi connectivity index (χ1n) is 5.57. The number of nitrogens with one attached hydrogen (secondary N) is 1. The summed E-state index contributed by atoms with van der Waals surface area (Å²) in [6.07, 6.45) is -0.0466. The summed E-state index contributed by atoms with van der Waals surface area (Å²) in [5.74, 6) is -0.377. The minimum atomic E-state index is -2.91. The summed E-state index contributed by atoms with van der Waals surface area (Å²) in [5, 5.41) is 11.3. The molecule has 7 heteroatoms. The van der Waals surface area contributed by atoms with Crippen molar-refractivity contribution in [3.05, 3.63) is 23.8 Å². The molecular weight excluding hydrogens is 260 g/mol. The number of carboxylic acid groups (broad SMARTS) is 1.